The number of nitrogens with zero attached hydrogens (tertiary/aromatic N) is 1. The molecule has 0 aliphatic heterocycles. The van der Waals surface area contributed by atoms with Crippen molar-refractivity contribution >= 4 is 28.5 Å². The summed E-state index contributed by atoms with van der Waals surface area (Å²) in [6.07, 6.45) is 0. The molecule has 0 radical (unpaired) electrons. The fourth-order valence-electron chi connectivity index (χ4n) is 3.33. The Morgan fingerprint density at radius 1 is 1.04 bits per heavy atom. The van der Waals surface area contributed by atoms with Crippen molar-refractivity contribution in [3.8, 4) is 0 Å². The molecule has 0 aliphatic carbocycles. The molecule has 1 N–H and O–H groups in total. The standard InChI is InChI=1S/C22H22N2O4/c1-13-7-5-10-18-14(2)11-19(25)24(20(13)18)15(3)21(26)23-17-9-6-8-16(12-17)22(27)28-4/h5-12,15H,1-4H3,(H,23,26). The van der Waals surface area contributed by atoms with Gasteiger partial charge in [0.15, 0.2) is 0 Å². The summed E-state index contributed by atoms with van der Waals surface area (Å²) >= 11 is 0. The first-order chi connectivity index (χ1) is 13.3. The number of esters is 1. The van der Waals surface area contributed by atoms with Crippen molar-refractivity contribution in [2.24, 2.45) is 0 Å². The van der Waals surface area contributed by atoms with Gasteiger partial charge in [-0.25, -0.2) is 4.79 Å². The first-order valence-corrected chi connectivity index (χ1v) is 8.94. The van der Waals surface area contributed by atoms with Crippen LogP contribution in [0.25, 0.3) is 10.9 Å². The van der Waals surface area contributed by atoms with E-state index in [1.165, 1.54) is 17.7 Å². The topological polar surface area (TPSA) is 77.4 Å². The zero-order chi connectivity index (χ0) is 20.4. The molecule has 0 spiro atoms. The number of hydrogen-bond acceptors (Lipinski definition) is 4. The minimum atomic E-state index is -0.738. The zero-order valence-electron chi connectivity index (χ0n) is 16.3. The van der Waals surface area contributed by atoms with Crippen LogP contribution in [0.1, 0.15) is 34.5 Å². The number of rotatable bonds is 4. The molecule has 6 heteroatoms. The van der Waals surface area contributed by atoms with Crippen LogP contribution in [-0.4, -0.2) is 23.6 Å². The number of anilines is 1. The summed E-state index contributed by atoms with van der Waals surface area (Å²) in [5, 5.41) is 3.72. The van der Waals surface area contributed by atoms with Gasteiger partial charge in [-0.15, -0.1) is 0 Å². The van der Waals surface area contributed by atoms with E-state index in [-0.39, 0.29) is 11.5 Å². The summed E-state index contributed by atoms with van der Waals surface area (Å²) in [6, 6.07) is 13.1. The molecule has 0 saturated heterocycles. The second-order valence-corrected chi connectivity index (χ2v) is 6.74. The van der Waals surface area contributed by atoms with E-state index >= 15 is 0 Å². The molecule has 0 bridgehead atoms. The average Bonchev–Trinajstić information content (AvgIpc) is 2.68. The number of benzene rings is 2. The van der Waals surface area contributed by atoms with Crippen LogP contribution in [0.2, 0.25) is 0 Å². The number of methoxy groups -OCH3 is 1. The Morgan fingerprint density at radius 2 is 1.75 bits per heavy atom. The molecular weight excluding hydrogens is 356 g/mol. The van der Waals surface area contributed by atoms with Gasteiger partial charge in [0, 0.05) is 17.1 Å². The lowest BCUT2D eigenvalue weighted by Gasteiger charge is -2.20. The molecule has 3 aromatic rings. The van der Waals surface area contributed by atoms with Crippen molar-refractivity contribution < 1.29 is 14.3 Å². The van der Waals surface area contributed by atoms with Crippen LogP contribution < -0.4 is 10.9 Å². The maximum absolute atomic E-state index is 12.9. The van der Waals surface area contributed by atoms with Crippen molar-refractivity contribution in [2.45, 2.75) is 26.8 Å². The molecule has 2 aromatic carbocycles. The quantitative estimate of drug-likeness (QED) is 0.704. The summed E-state index contributed by atoms with van der Waals surface area (Å²) < 4.78 is 6.22. The third-order valence-electron chi connectivity index (χ3n) is 4.80. The fraction of sp³-hybridized carbons (Fsp3) is 0.227. The van der Waals surface area contributed by atoms with Crippen LogP contribution in [0, 0.1) is 13.8 Å². The van der Waals surface area contributed by atoms with E-state index in [0.717, 1.165) is 22.0 Å². The van der Waals surface area contributed by atoms with Gasteiger partial charge in [-0.1, -0.05) is 24.3 Å². The molecule has 144 valence electrons. The lowest BCUT2D eigenvalue weighted by atomic mass is 10.1. The summed E-state index contributed by atoms with van der Waals surface area (Å²) in [6.45, 7) is 5.49. The second kappa shape index (κ2) is 7.68. The summed E-state index contributed by atoms with van der Waals surface area (Å²) in [7, 11) is 1.30. The van der Waals surface area contributed by atoms with E-state index < -0.39 is 12.0 Å². The number of para-hydroxylation sites is 1. The number of pyridine rings is 1. The number of hydrogen-bond donors (Lipinski definition) is 1. The molecule has 6 nitrogen and oxygen atoms in total. The van der Waals surface area contributed by atoms with Crippen molar-refractivity contribution in [2.75, 3.05) is 12.4 Å². The van der Waals surface area contributed by atoms with Gasteiger partial charge in [0.1, 0.15) is 6.04 Å². The summed E-state index contributed by atoms with van der Waals surface area (Å²) in [5.41, 5.74) is 3.11. The van der Waals surface area contributed by atoms with Gasteiger partial charge in [-0.3, -0.25) is 14.2 Å². The normalized spacial score (nSPS) is 11.9. The van der Waals surface area contributed by atoms with E-state index in [4.69, 9.17) is 4.74 Å². The number of nitrogens with one attached hydrogen (secondary N) is 1. The minimum Gasteiger partial charge on any atom is -0.465 e. The maximum atomic E-state index is 12.9. The Morgan fingerprint density at radius 3 is 2.46 bits per heavy atom. The van der Waals surface area contributed by atoms with Crippen LogP contribution in [-0.2, 0) is 9.53 Å². The van der Waals surface area contributed by atoms with Gasteiger partial charge in [-0.05, 0) is 50.1 Å². The molecular formula is C22H22N2O4. The summed E-state index contributed by atoms with van der Waals surface area (Å²) in [5.74, 6) is -0.835. The highest BCUT2D eigenvalue weighted by molar-refractivity contribution is 5.97. The number of aryl methyl sites for hydroxylation is 2. The summed E-state index contributed by atoms with van der Waals surface area (Å²) in [4.78, 5) is 37.3. The highest BCUT2D eigenvalue weighted by Gasteiger charge is 2.20. The first-order valence-electron chi connectivity index (χ1n) is 8.94. The Hall–Kier alpha value is -3.41. The average molecular weight is 378 g/mol. The SMILES string of the molecule is COC(=O)c1cccc(NC(=O)C(C)n2c(=O)cc(C)c3cccc(C)c32)c1. The highest BCUT2D eigenvalue weighted by Crippen LogP contribution is 2.23. The highest BCUT2D eigenvalue weighted by atomic mass is 16.5. The number of fused-ring (bicyclic) bond motifs is 1. The van der Waals surface area contributed by atoms with Gasteiger partial charge < -0.3 is 10.1 Å². The number of carbonyl (C=O) groups is 2. The van der Waals surface area contributed by atoms with E-state index in [0.29, 0.717) is 11.3 Å². The van der Waals surface area contributed by atoms with Crippen molar-refractivity contribution in [1.29, 1.82) is 0 Å². The van der Waals surface area contributed by atoms with E-state index in [1.807, 2.05) is 32.0 Å². The van der Waals surface area contributed by atoms with E-state index in [1.54, 1.807) is 31.2 Å². The molecule has 28 heavy (non-hydrogen) atoms. The Balaban J connectivity index is 1.99. The minimum absolute atomic E-state index is 0.231. The number of amides is 1. The second-order valence-electron chi connectivity index (χ2n) is 6.74. The predicted octanol–water partition coefficient (Wildman–Crippen LogP) is 3.60. The Labute approximate surface area is 162 Å². The van der Waals surface area contributed by atoms with Gasteiger partial charge in [0.05, 0.1) is 18.2 Å². The van der Waals surface area contributed by atoms with E-state index in [2.05, 4.69) is 5.32 Å². The molecule has 1 heterocycles. The number of ether oxygens (including phenoxy) is 1. The first kappa shape index (κ1) is 19.4. The maximum Gasteiger partial charge on any atom is 0.337 e. The Bertz CT molecular complexity index is 1130. The van der Waals surface area contributed by atoms with Crippen molar-refractivity contribution in [3.63, 3.8) is 0 Å². The van der Waals surface area contributed by atoms with Crippen LogP contribution in [0.3, 0.4) is 0 Å². The molecule has 0 fully saturated rings. The molecule has 1 aromatic heterocycles. The van der Waals surface area contributed by atoms with Crippen LogP contribution in [0.15, 0.2) is 53.3 Å². The van der Waals surface area contributed by atoms with Gasteiger partial charge in [0.2, 0.25) is 5.91 Å². The lowest BCUT2D eigenvalue weighted by molar-refractivity contribution is -0.118. The molecule has 1 unspecified atom stereocenters. The molecule has 1 atom stereocenters. The van der Waals surface area contributed by atoms with E-state index in [9.17, 15) is 14.4 Å². The zero-order valence-corrected chi connectivity index (χ0v) is 16.3. The largest absolute Gasteiger partial charge is 0.465 e. The van der Waals surface area contributed by atoms with Crippen molar-refractivity contribution in [3.05, 3.63) is 75.6 Å². The third kappa shape index (κ3) is 3.53. The predicted molar refractivity (Wildman–Crippen MR) is 109 cm³/mol. The molecule has 1 amide bonds. The van der Waals surface area contributed by atoms with Gasteiger partial charge >= 0.3 is 5.97 Å². The van der Waals surface area contributed by atoms with Crippen LogP contribution in [0.5, 0.6) is 0 Å². The van der Waals surface area contributed by atoms with Gasteiger partial charge in [-0.2, -0.15) is 0 Å². The van der Waals surface area contributed by atoms with Crippen LogP contribution >= 0.6 is 0 Å². The molecule has 3 rings (SSSR count). The number of aromatic nitrogens is 1. The molecule has 0 aliphatic rings. The Kier molecular flexibility index (Phi) is 5.31. The van der Waals surface area contributed by atoms with Crippen LogP contribution in [0.4, 0.5) is 5.69 Å². The van der Waals surface area contributed by atoms with Crippen molar-refractivity contribution in [1.82, 2.24) is 4.57 Å². The monoisotopic (exact) mass is 378 g/mol. The molecule has 0 saturated carbocycles. The lowest BCUT2D eigenvalue weighted by Crippen LogP contribution is -2.32. The fourth-order valence-corrected chi connectivity index (χ4v) is 3.33. The smallest absolute Gasteiger partial charge is 0.337 e. The van der Waals surface area contributed by atoms with Gasteiger partial charge in [0.25, 0.3) is 5.56 Å². The number of carbonyl (C=O) groups excluding carboxylic acids is 2. The third-order valence-corrected chi connectivity index (χ3v) is 4.80.